The second-order valence-corrected chi connectivity index (χ2v) is 5.71. The number of piperazine rings is 1. The summed E-state index contributed by atoms with van der Waals surface area (Å²) in [4.78, 5) is 6.88. The van der Waals surface area contributed by atoms with E-state index in [1.165, 1.54) is 5.56 Å². The SMILES string of the molecule is Cc1nc2ccc(C(C)(C)N3CCNCC3)cc2o1. The van der Waals surface area contributed by atoms with Crippen molar-refractivity contribution in [2.24, 2.45) is 0 Å². The molecule has 1 saturated heterocycles. The van der Waals surface area contributed by atoms with Gasteiger partial charge in [-0.05, 0) is 31.5 Å². The van der Waals surface area contributed by atoms with Crippen LogP contribution in [-0.4, -0.2) is 36.1 Å². The van der Waals surface area contributed by atoms with Gasteiger partial charge in [0.15, 0.2) is 11.5 Å². The topological polar surface area (TPSA) is 41.3 Å². The molecule has 1 aromatic carbocycles. The van der Waals surface area contributed by atoms with E-state index in [4.69, 9.17) is 4.42 Å². The third-order valence-electron chi connectivity index (χ3n) is 4.11. The molecule has 4 heteroatoms. The van der Waals surface area contributed by atoms with Gasteiger partial charge >= 0.3 is 0 Å². The van der Waals surface area contributed by atoms with Gasteiger partial charge in [-0.2, -0.15) is 0 Å². The Labute approximate surface area is 113 Å². The maximum atomic E-state index is 5.65. The van der Waals surface area contributed by atoms with Gasteiger partial charge in [-0.1, -0.05) is 6.07 Å². The zero-order valence-electron chi connectivity index (χ0n) is 11.9. The van der Waals surface area contributed by atoms with E-state index in [0.717, 1.165) is 43.2 Å². The first-order valence-electron chi connectivity index (χ1n) is 6.91. The van der Waals surface area contributed by atoms with E-state index in [1.807, 2.05) is 6.92 Å². The van der Waals surface area contributed by atoms with Gasteiger partial charge in [0, 0.05) is 38.6 Å². The molecule has 4 nitrogen and oxygen atoms in total. The number of aromatic nitrogens is 1. The minimum Gasteiger partial charge on any atom is -0.441 e. The molecule has 19 heavy (non-hydrogen) atoms. The van der Waals surface area contributed by atoms with Crippen LogP contribution in [-0.2, 0) is 5.54 Å². The molecular formula is C15H21N3O. The van der Waals surface area contributed by atoms with Gasteiger partial charge in [-0.15, -0.1) is 0 Å². The molecule has 102 valence electrons. The van der Waals surface area contributed by atoms with Gasteiger partial charge in [0.1, 0.15) is 5.52 Å². The van der Waals surface area contributed by atoms with E-state index in [0.29, 0.717) is 0 Å². The zero-order valence-corrected chi connectivity index (χ0v) is 11.9. The molecule has 1 fully saturated rings. The van der Waals surface area contributed by atoms with Crippen LogP contribution in [0.4, 0.5) is 0 Å². The van der Waals surface area contributed by atoms with Crippen molar-refractivity contribution >= 4 is 11.1 Å². The van der Waals surface area contributed by atoms with E-state index in [1.54, 1.807) is 0 Å². The summed E-state index contributed by atoms with van der Waals surface area (Å²) in [5, 5.41) is 3.40. The molecule has 2 aromatic rings. The zero-order chi connectivity index (χ0) is 13.5. The molecule has 1 N–H and O–H groups in total. The lowest BCUT2D eigenvalue weighted by Crippen LogP contribution is -2.51. The van der Waals surface area contributed by atoms with Gasteiger partial charge < -0.3 is 9.73 Å². The Kier molecular flexibility index (Phi) is 3.07. The van der Waals surface area contributed by atoms with Gasteiger partial charge in [-0.3, -0.25) is 4.90 Å². The van der Waals surface area contributed by atoms with Gasteiger partial charge in [0.2, 0.25) is 0 Å². The second-order valence-electron chi connectivity index (χ2n) is 5.71. The Balaban J connectivity index is 1.96. The highest BCUT2D eigenvalue weighted by molar-refractivity contribution is 5.73. The predicted molar refractivity (Wildman–Crippen MR) is 76.2 cm³/mol. The summed E-state index contributed by atoms with van der Waals surface area (Å²) < 4.78 is 5.65. The molecule has 0 amide bonds. The van der Waals surface area contributed by atoms with Crippen molar-refractivity contribution in [3.63, 3.8) is 0 Å². The van der Waals surface area contributed by atoms with Crippen LogP contribution in [0.3, 0.4) is 0 Å². The number of nitrogens with zero attached hydrogens (tertiary/aromatic N) is 2. The quantitative estimate of drug-likeness (QED) is 0.898. The highest BCUT2D eigenvalue weighted by Crippen LogP contribution is 2.30. The first kappa shape index (κ1) is 12.6. The smallest absolute Gasteiger partial charge is 0.192 e. The fourth-order valence-electron chi connectivity index (χ4n) is 2.83. The maximum Gasteiger partial charge on any atom is 0.192 e. The van der Waals surface area contributed by atoms with Crippen molar-refractivity contribution < 1.29 is 4.42 Å². The molecule has 0 aliphatic carbocycles. The van der Waals surface area contributed by atoms with Crippen LogP contribution in [0, 0.1) is 6.92 Å². The minimum absolute atomic E-state index is 0.0248. The lowest BCUT2D eigenvalue weighted by Gasteiger charge is -2.41. The Morgan fingerprint density at radius 1 is 1.26 bits per heavy atom. The van der Waals surface area contributed by atoms with Gasteiger partial charge in [-0.25, -0.2) is 4.98 Å². The number of fused-ring (bicyclic) bond motifs is 1. The third-order valence-corrected chi connectivity index (χ3v) is 4.11. The summed E-state index contributed by atoms with van der Waals surface area (Å²) in [7, 11) is 0. The normalized spacial score (nSPS) is 18.1. The molecule has 1 aliphatic rings. The van der Waals surface area contributed by atoms with Crippen LogP contribution in [0.15, 0.2) is 22.6 Å². The second kappa shape index (κ2) is 4.62. The summed E-state index contributed by atoms with van der Waals surface area (Å²) in [5.41, 5.74) is 3.14. The summed E-state index contributed by atoms with van der Waals surface area (Å²) >= 11 is 0. The van der Waals surface area contributed by atoms with Crippen LogP contribution in [0.2, 0.25) is 0 Å². The molecule has 3 rings (SSSR count). The monoisotopic (exact) mass is 259 g/mol. The van der Waals surface area contributed by atoms with Crippen LogP contribution in [0.1, 0.15) is 25.3 Å². The van der Waals surface area contributed by atoms with E-state index < -0.39 is 0 Å². The molecule has 0 spiro atoms. The Morgan fingerprint density at radius 3 is 2.74 bits per heavy atom. The predicted octanol–water partition coefficient (Wildman–Crippen LogP) is 2.28. The summed E-state index contributed by atoms with van der Waals surface area (Å²) in [5.74, 6) is 0.729. The average molecular weight is 259 g/mol. The van der Waals surface area contributed by atoms with Crippen molar-refractivity contribution in [1.29, 1.82) is 0 Å². The van der Waals surface area contributed by atoms with Crippen molar-refractivity contribution in [1.82, 2.24) is 15.2 Å². The molecule has 0 radical (unpaired) electrons. The summed E-state index contributed by atoms with van der Waals surface area (Å²) in [6.07, 6.45) is 0. The standard InChI is InChI=1S/C15H21N3O/c1-11-17-13-5-4-12(10-14(13)19-11)15(2,3)18-8-6-16-7-9-18/h4-5,10,16H,6-9H2,1-3H3. The third kappa shape index (κ3) is 2.26. The van der Waals surface area contributed by atoms with Crippen molar-refractivity contribution in [2.45, 2.75) is 26.3 Å². The first-order chi connectivity index (χ1) is 9.07. The highest BCUT2D eigenvalue weighted by Gasteiger charge is 2.30. The lowest BCUT2D eigenvalue weighted by atomic mass is 9.91. The molecule has 2 heterocycles. The number of aryl methyl sites for hydroxylation is 1. The fourth-order valence-corrected chi connectivity index (χ4v) is 2.83. The number of benzene rings is 1. The Hall–Kier alpha value is -1.39. The number of oxazole rings is 1. The van der Waals surface area contributed by atoms with Crippen LogP contribution in [0.25, 0.3) is 11.1 Å². The van der Waals surface area contributed by atoms with Gasteiger partial charge in [0.05, 0.1) is 0 Å². The highest BCUT2D eigenvalue weighted by atomic mass is 16.3. The van der Waals surface area contributed by atoms with E-state index in [-0.39, 0.29) is 5.54 Å². The molecule has 1 aromatic heterocycles. The fraction of sp³-hybridized carbons (Fsp3) is 0.533. The van der Waals surface area contributed by atoms with Crippen molar-refractivity contribution in [3.05, 3.63) is 29.7 Å². The average Bonchev–Trinajstić information content (AvgIpc) is 2.78. The molecule has 1 aliphatic heterocycles. The Morgan fingerprint density at radius 2 is 2.00 bits per heavy atom. The lowest BCUT2D eigenvalue weighted by molar-refractivity contribution is 0.103. The van der Waals surface area contributed by atoms with E-state index in [9.17, 15) is 0 Å². The Bertz CT molecular complexity index is 582. The molecular weight excluding hydrogens is 238 g/mol. The number of nitrogens with one attached hydrogen (secondary N) is 1. The largest absolute Gasteiger partial charge is 0.441 e. The van der Waals surface area contributed by atoms with Gasteiger partial charge in [0.25, 0.3) is 0 Å². The summed E-state index contributed by atoms with van der Waals surface area (Å²) in [6.45, 7) is 10.7. The van der Waals surface area contributed by atoms with Crippen LogP contribution < -0.4 is 5.32 Å². The van der Waals surface area contributed by atoms with Crippen molar-refractivity contribution in [2.75, 3.05) is 26.2 Å². The van der Waals surface area contributed by atoms with Crippen molar-refractivity contribution in [3.8, 4) is 0 Å². The molecule has 0 saturated carbocycles. The first-order valence-corrected chi connectivity index (χ1v) is 6.91. The maximum absolute atomic E-state index is 5.65. The molecule has 0 atom stereocenters. The number of rotatable bonds is 2. The summed E-state index contributed by atoms with van der Waals surface area (Å²) in [6, 6.07) is 6.37. The molecule has 0 unspecified atom stereocenters. The van der Waals surface area contributed by atoms with Crippen LogP contribution in [0.5, 0.6) is 0 Å². The molecule has 0 bridgehead atoms. The van der Waals surface area contributed by atoms with E-state index >= 15 is 0 Å². The minimum atomic E-state index is 0.0248. The van der Waals surface area contributed by atoms with E-state index in [2.05, 4.69) is 47.2 Å². The number of hydrogen-bond acceptors (Lipinski definition) is 4. The number of hydrogen-bond donors (Lipinski definition) is 1. The van der Waals surface area contributed by atoms with Crippen LogP contribution >= 0.6 is 0 Å².